The van der Waals surface area contributed by atoms with Gasteiger partial charge in [-0.05, 0) is 36.0 Å². The highest BCUT2D eigenvalue weighted by molar-refractivity contribution is 7.60. The van der Waals surface area contributed by atoms with Crippen LogP contribution in [0.1, 0.15) is 54.9 Å². The van der Waals surface area contributed by atoms with Crippen molar-refractivity contribution in [3.8, 4) is 0 Å². The SMILES string of the molecule is CCCNCCP(C(C)(C)C)C(C)(C)C. The molecule has 0 aliphatic carbocycles. The first-order chi connectivity index (χ1) is 6.69. The lowest BCUT2D eigenvalue weighted by molar-refractivity contribution is 0.674. The predicted molar refractivity (Wildman–Crippen MR) is 74.5 cm³/mol. The van der Waals surface area contributed by atoms with Gasteiger partial charge in [-0.2, -0.15) is 0 Å². The Labute approximate surface area is 98.2 Å². The van der Waals surface area contributed by atoms with E-state index in [9.17, 15) is 0 Å². The van der Waals surface area contributed by atoms with E-state index in [4.69, 9.17) is 0 Å². The Bertz CT molecular complexity index is 150. The summed E-state index contributed by atoms with van der Waals surface area (Å²) in [7, 11) is 0.0781. The van der Waals surface area contributed by atoms with Crippen LogP contribution in [0.4, 0.5) is 0 Å². The van der Waals surface area contributed by atoms with E-state index in [1.807, 2.05) is 0 Å². The van der Waals surface area contributed by atoms with Crippen LogP contribution in [0.2, 0.25) is 0 Å². The van der Waals surface area contributed by atoms with Crippen LogP contribution in [0.25, 0.3) is 0 Å². The Hall–Kier alpha value is 0.390. The topological polar surface area (TPSA) is 12.0 Å². The minimum Gasteiger partial charge on any atom is -0.316 e. The largest absolute Gasteiger partial charge is 0.316 e. The van der Waals surface area contributed by atoms with Gasteiger partial charge in [0.05, 0.1) is 0 Å². The van der Waals surface area contributed by atoms with Gasteiger partial charge in [0.2, 0.25) is 0 Å². The van der Waals surface area contributed by atoms with Crippen LogP contribution in [0.15, 0.2) is 0 Å². The maximum absolute atomic E-state index is 3.53. The van der Waals surface area contributed by atoms with E-state index in [1.165, 1.54) is 19.1 Å². The molecule has 1 N–H and O–H groups in total. The molecule has 0 aromatic heterocycles. The molecule has 0 fully saturated rings. The van der Waals surface area contributed by atoms with E-state index < -0.39 is 0 Å². The maximum atomic E-state index is 3.53. The van der Waals surface area contributed by atoms with Gasteiger partial charge >= 0.3 is 0 Å². The third-order valence-electron chi connectivity index (χ3n) is 2.56. The fourth-order valence-electron chi connectivity index (χ4n) is 2.17. The number of nitrogens with one attached hydrogen (secondary N) is 1. The second kappa shape index (κ2) is 6.21. The predicted octanol–water partition coefficient (Wildman–Crippen LogP) is 4.06. The molecule has 0 aliphatic heterocycles. The van der Waals surface area contributed by atoms with Gasteiger partial charge in [-0.1, -0.05) is 56.4 Å². The van der Waals surface area contributed by atoms with Gasteiger partial charge in [0.1, 0.15) is 0 Å². The lowest BCUT2D eigenvalue weighted by atomic mass is 10.2. The molecule has 0 spiro atoms. The van der Waals surface area contributed by atoms with E-state index in [0.29, 0.717) is 10.3 Å². The molecule has 0 saturated heterocycles. The molecule has 0 amide bonds. The Kier molecular flexibility index (Phi) is 6.37. The van der Waals surface area contributed by atoms with Gasteiger partial charge in [-0.25, -0.2) is 0 Å². The molecule has 0 saturated carbocycles. The normalized spacial score (nSPS) is 13.6. The van der Waals surface area contributed by atoms with Crippen LogP contribution in [-0.2, 0) is 0 Å². The molecular weight excluding hydrogens is 201 g/mol. The fourth-order valence-corrected chi connectivity index (χ4v) is 5.91. The van der Waals surface area contributed by atoms with E-state index in [0.717, 1.165) is 6.54 Å². The van der Waals surface area contributed by atoms with Crippen molar-refractivity contribution in [2.45, 2.75) is 65.2 Å². The molecule has 2 heteroatoms. The lowest BCUT2D eigenvalue weighted by Crippen LogP contribution is -2.30. The molecule has 0 aromatic rings. The minimum atomic E-state index is 0.0781. The summed E-state index contributed by atoms with van der Waals surface area (Å²) in [6, 6.07) is 0. The van der Waals surface area contributed by atoms with Crippen LogP contribution >= 0.6 is 7.92 Å². The Morgan fingerprint density at radius 2 is 1.33 bits per heavy atom. The average Bonchev–Trinajstić information content (AvgIpc) is 1.99. The molecule has 0 unspecified atom stereocenters. The van der Waals surface area contributed by atoms with Crippen LogP contribution in [0, 0.1) is 0 Å². The van der Waals surface area contributed by atoms with E-state index in [1.54, 1.807) is 0 Å². The van der Waals surface area contributed by atoms with Gasteiger partial charge in [-0.15, -0.1) is 0 Å². The van der Waals surface area contributed by atoms with Crippen molar-refractivity contribution in [1.29, 1.82) is 0 Å². The monoisotopic (exact) mass is 231 g/mol. The summed E-state index contributed by atoms with van der Waals surface area (Å²) in [6.07, 6.45) is 2.59. The highest BCUT2D eigenvalue weighted by Gasteiger charge is 2.33. The Morgan fingerprint density at radius 1 is 0.867 bits per heavy atom. The standard InChI is InChI=1S/C13H30NP/c1-8-9-14-10-11-15(12(2,3)4)13(5,6)7/h14H,8-11H2,1-7H3. The van der Waals surface area contributed by atoms with E-state index >= 15 is 0 Å². The second-order valence-corrected chi connectivity index (χ2v) is 10.2. The first-order valence-corrected chi connectivity index (χ1v) is 7.70. The van der Waals surface area contributed by atoms with Crippen molar-refractivity contribution in [2.75, 3.05) is 19.3 Å². The van der Waals surface area contributed by atoms with Gasteiger partial charge in [0.15, 0.2) is 0 Å². The summed E-state index contributed by atoms with van der Waals surface area (Å²) < 4.78 is 0. The summed E-state index contributed by atoms with van der Waals surface area (Å²) in [5, 5.41) is 4.47. The molecule has 92 valence electrons. The summed E-state index contributed by atoms with van der Waals surface area (Å²) >= 11 is 0. The van der Waals surface area contributed by atoms with Gasteiger partial charge in [0, 0.05) is 0 Å². The summed E-state index contributed by atoms with van der Waals surface area (Å²) in [4.78, 5) is 0. The quantitative estimate of drug-likeness (QED) is 0.555. The van der Waals surface area contributed by atoms with Crippen LogP contribution < -0.4 is 5.32 Å². The van der Waals surface area contributed by atoms with Gasteiger partial charge in [0.25, 0.3) is 0 Å². The number of rotatable bonds is 5. The molecule has 0 aromatic carbocycles. The highest BCUT2D eigenvalue weighted by atomic mass is 31.1. The van der Waals surface area contributed by atoms with Crippen molar-refractivity contribution in [2.24, 2.45) is 0 Å². The molecule has 0 heterocycles. The smallest absolute Gasteiger partial charge is 0.000913 e. The third-order valence-corrected chi connectivity index (χ3v) is 6.47. The molecule has 15 heavy (non-hydrogen) atoms. The van der Waals surface area contributed by atoms with Crippen LogP contribution in [0.5, 0.6) is 0 Å². The fraction of sp³-hybridized carbons (Fsp3) is 1.00. The molecular formula is C13H30NP. The molecule has 0 radical (unpaired) electrons. The first-order valence-electron chi connectivity index (χ1n) is 6.18. The Balaban J connectivity index is 4.17. The van der Waals surface area contributed by atoms with Gasteiger partial charge in [-0.3, -0.25) is 0 Å². The second-order valence-electron chi connectivity index (χ2n) is 6.24. The average molecular weight is 231 g/mol. The van der Waals surface area contributed by atoms with Crippen LogP contribution in [0.3, 0.4) is 0 Å². The zero-order valence-electron chi connectivity index (χ0n) is 11.8. The first kappa shape index (κ1) is 15.4. The molecule has 1 nitrogen and oxygen atoms in total. The van der Waals surface area contributed by atoms with Crippen molar-refractivity contribution in [3.05, 3.63) is 0 Å². The van der Waals surface area contributed by atoms with E-state index in [-0.39, 0.29) is 7.92 Å². The van der Waals surface area contributed by atoms with Crippen molar-refractivity contribution >= 4 is 7.92 Å². The van der Waals surface area contributed by atoms with Crippen molar-refractivity contribution < 1.29 is 0 Å². The molecule has 0 rings (SSSR count). The van der Waals surface area contributed by atoms with Gasteiger partial charge < -0.3 is 5.32 Å². The van der Waals surface area contributed by atoms with Crippen LogP contribution in [-0.4, -0.2) is 29.6 Å². The molecule has 0 aliphatic rings. The highest BCUT2D eigenvalue weighted by Crippen LogP contribution is 2.58. The van der Waals surface area contributed by atoms with E-state index in [2.05, 4.69) is 53.8 Å². The minimum absolute atomic E-state index is 0.0781. The summed E-state index contributed by atoms with van der Waals surface area (Å²) in [5.74, 6) is 0. The zero-order chi connectivity index (χ0) is 12.1. The number of hydrogen-bond donors (Lipinski definition) is 1. The summed E-state index contributed by atoms with van der Waals surface area (Å²) in [5.41, 5.74) is 0. The lowest BCUT2D eigenvalue weighted by Gasteiger charge is -2.41. The zero-order valence-corrected chi connectivity index (χ0v) is 12.7. The summed E-state index contributed by atoms with van der Waals surface area (Å²) in [6.45, 7) is 18.9. The molecule has 0 atom stereocenters. The number of hydrogen-bond acceptors (Lipinski definition) is 1. The van der Waals surface area contributed by atoms with Crippen molar-refractivity contribution in [1.82, 2.24) is 5.32 Å². The third kappa shape index (κ3) is 6.53. The Morgan fingerprint density at radius 3 is 1.67 bits per heavy atom. The van der Waals surface area contributed by atoms with Crippen molar-refractivity contribution in [3.63, 3.8) is 0 Å². The maximum Gasteiger partial charge on any atom is -0.000913 e. The molecule has 0 bridgehead atoms.